The van der Waals surface area contributed by atoms with Crippen molar-refractivity contribution in [1.29, 1.82) is 0 Å². The van der Waals surface area contributed by atoms with Gasteiger partial charge in [-0.1, -0.05) is 72.8 Å². The van der Waals surface area contributed by atoms with Gasteiger partial charge in [0.1, 0.15) is 0 Å². The third kappa shape index (κ3) is 5.49. The van der Waals surface area contributed by atoms with E-state index in [-0.39, 0.29) is 5.97 Å². The summed E-state index contributed by atoms with van der Waals surface area (Å²) in [6, 6.07) is 20.1. The van der Waals surface area contributed by atoms with Crippen molar-refractivity contribution >= 4 is 12.0 Å². The number of ether oxygens (including phenoxy) is 1. The Kier molecular flexibility index (Phi) is 5.53. The lowest BCUT2D eigenvalue weighted by molar-refractivity contribution is -0.135. The van der Waals surface area contributed by atoms with Crippen LogP contribution >= 0.6 is 0 Å². The van der Waals surface area contributed by atoms with Crippen LogP contribution in [0, 0.1) is 0 Å². The summed E-state index contributed by atoms with van der Waals surface area (Å²) in [6.07, 6.45) is 6.23. The van der Waals surface area contributed by atoms with E-state index in [1.807, 2.05) is 60.7 Å². The summed E-state index contributed by atoms with van der Waals surface area (Å²) in [6.45, 7) is 1.40. The van der Waals surface area contributed by atoms with E-state index < -0.39 is 0 Å². The summed E-state index contributed by atoms with van der Waals surface area (Å²) in [5.41, 5.74) is 3.23. The van der Waals surface area contributed by atoms with Gasteiger partial charge in [0.05, 0.1) is 6.26 Å². The summed E-state index contributed by atoms with van der Waals surface area (Å²) in [4.78, 5) is 11.0. The molecule has 0 bridgehead atoms. The fourth-order valence-corrected chi connectivity index (χ4v) is 1.90. The summed E-state index contributed by atoms with van der Waals surface area (Å²) in [7, 11) is 0. The standard InChI is InChI=1S/C19H18O2/c1-16(20)21-15-19(14-18-10-6-3-7-11-18)13-12-17-8-4-2-5-9-17/h2-13,15H,14H2,1H3/b13-12+,19-15+. The van der Waals surface area contributed by atoms with Crippen LogP contribution in [-0.4, -0.2) is 5.97 Å². The van der Waals surface area contributed by atoms with Crippen molar-refractivity contribution in [3.63, 3.8) is 0 Å². The number of esters is 1. The quantitative estimate of drug-likeness (QED) is 0.460. The van der Waals surface area contributed by atoms with Crippen molar-refractivity contribution in [3.05, 3.63) is 89.7 Å². The first-order valence-electron chi connectivity index (χ1n) is 6.87. The number of carbonyl (C=O) groups excluding carboxylic acids is 1. The maximum Gasteiger partial charge on any atom is 0.307 e. The van der Waals surface area contributed by atoms with Crippen LogP contribution in [-0.2, 0) is 16.0 Å². The predicted molar refractivity (Wildman–Crippen MR) is 85.5 cm³/mol. The van der Waals surface area contributed by atoms with Crippen LogP contribution in [0.3, 0.4) is 0 Å². The van der Waals surface area contributed by atoms with Crippen molar-refractivity contribution in [2.75, 3.05) is 0 Å². The van der Waals surface area contributed by atoms with Gasteiger partial charge in [0, 0.05) is 13.3 Å². The molecule has 0 fully saturated rings. The van der Waals surface area contributed by atoms with Gasteiger partial charge < -0.3 is 4.74 Å². The average molecular weight is 278 g/mol. The number of allylic oxidation sites excluding steroid dienone is 2. The molecule has 0 radical (unpaired) electrons. The lowest BCUT2D eigenvalue weighted by Crippen LogP contribution is -1.94. The number of hydrogen-bond acceptors (Lipinski definition) is 2. The molecule has 0 atom stereocenters. The molecule has 2 aromatic carbocycles. The number of rotatable bonds is 5. The van der Waals surface area contributed by atoms with Crippen LogP contribution in [0.25, 0.3) is 6.08 Å². The Bertz CT molecular complexity index is 625. The van der Waals surface area contributed by atoms with Gasteiger partial charge in [0.15, 0.2) is 0 Å². The van der Waals surface area contributed by atoms with E-state index in [1.165, 1.54) is 18.7 Å². The first kappa shape index (κ1) is 14.8. The summed E-state index contributed by atoms with van der Waals surface area (Å²) in [5, 5.41) is 0. The smallest absolute Gasteiger partial charge is 0.307 e. The highest BCUT2D eigenvalue weighted by molar-refractivity contribution is 5.67. The average Bonchev–Trinajstić information content (AvgIpc) is 2.52. The topological polar surface area (TPSA) is 26.3 Å². The zero-order valence-electron chi connectivity index (χ0n) is 12.0. The van der Waals surface area contributed by atoms with Crippen molar-refractivity contribution < 1.29 is 9.53 Å². The summed E-state index contributed by atoms with van der Waals surface area (Å²) < 4.78 is 5.01. The Morgan fingerprint density at radius 1 is 1.00 bits per heavy atom. The molecular weight excluding hydrogens is 260 g/mol. The number of hydrogen-bond donors (Lipinski definition) is 0. The van der Waals surface area contributed by atoms with Crippen molar-refractivity contribution in [2.45, 2.75) is 13.3 Å². The fraction of sp³-hybridized carbons (Fsp3) is 0.105. The van der Waals surface area contributed by atoms with Crippen LogP contribution in [0.15, 0.2) is 78.6 Å². The Labute approximate surface area is 125 Å². The molecule has 0 N–H and O–H groups in total. The van der Waals surface area contributed by atoms with Gasteiger partial charge in [-0.05, 0) is 16.7 Å². The molecular formula is C19H18O2. The molecule has 21 heavy (non-hydrogen) atoms. The van der Waals surface area contributed by atoms with Gasteiger partial charge in [-0.2, -0.15) is 0 Å². The van der Waals surface area contributed by atoms with Crippen molar-refractivity contribution in [2.24, 2.45) is 0 Å². The second kappa shape index (κ2) is 7.85. The van der Waals surface area contributed by atoms with E-state index >= 15 is 0 Å². The van der Waals surface area contributed by atoms with Crippen molar-refractivity contribution in [3.8, 4) is 0 Å². The lowest BCUT2D eigenvalue weighted by atomic mass is 10.0. The molecule has 0 amide bonds. The number of benzene rings is 2. The first-order valence-corrected chi connectivity index (χ1v) is 6.87. The SMILES string of the molecule is CC(=O)O/C=C(\C=C\c1ccccc1)Cc1ccccc1. The monoisotopic (exact) mass is 278 g/mol. The number of carbonyl (C=O) groups is 1. The Morgan fingerprint density at radius 2 is 1.62 bits per heavy atom. The lowest BCUT2D eigenvalue weighted by Gasteiger charge is -2.03. The van der Waals surface area contributed by atoms with Gasteiger partial charge in [0.2, 0.25) is 0 Å². The molecule has 0 unspecified atom stereocenters. The second-order valence-corrected chi connectivity index (χ2v) is 4.71. The van der Waals surface area contributed by atoms with Crippen molar-refractivity contribution in [1.82, 2.24) is 0 Å². The maximum atomic E-state index is 11.0. The first-order chi connectivity index (χ1) is 10.2. The fourth-order valence-electron chi connectivity index (χ4n) is 1.90. The maximum absolute atomic E-state index is 11.0. The summed E-state index contributed by atoms with van der Waals surface area (Å²) in [5.74, 6) is -0.311. The zero-order valence-corrected chi connectivity index (χ0v) is 12.0. The molecule has 0 aliphatic rings. The Hall–Kier alpha value is -2.61. The predicted octanol–water partition coefficient (Wildman–Crippen LogP) is 4.39. The molecule has 0 saturated carbocycles. The minimum atomic E-state index is -0.311. The molecule has 2 nitrogen and oxygen atoms in total. The highest BCUT2D eigenvalue weighted by Gasteiger charge is 1.98. The second-order valence-electron chi connectivity index (χ2n) is 4.71. The Balaban J connectivity index is 2.14. The molecule has 0 aliphatic heterocycles. The van der Waals surface area contributed by atoms with Gasteiger partial charge in [-0.3, -0.25) is 4.79 Å². The van der Waals surface area contributed by atoms with Crippen LogP contribution in [0.2, 0.25) is 0 Å². The van der Waals surface area contributed by atoms with Crippen LogP contribution in [0.1, 0.15) is 18.1 Å². The van der Waals surface area contributed by atoms with E-state index in [0.717, 1.165) is 17.6 Å². The van der Waals surface area contributed by atoms with E-state index in [2.05, 4.69) is 12.1 Å². The highest BCUT2D eigenvalue weighted by Crippen LogP contribution is 2.12. The van der Waals surface area contributed by atoms with Gasteiger partial charge in [-0.25, -0.2) is 0 Å². The molecule has 106 valence electrons. The third-order valence-corrected chi connectivity index (χ3v) is 2.92. The third-order valence-electron chi connectivity index (χ3n) is 2.92. The molecule has 0 saturated heterocycles. The molecule has 2 rings (SSSR count). The molecule has 0 heterocycles. The summed E-state index contributed by atoms with van der Waals surface area (Å²) >= 11 is 0. The van der Waals surface area contributed by atoms with E-state index in [0.29, 0.717) is 0 Å². The van der Waals surface area contributed by atoms with Crippen LogP contribution < -0.4 is 0 Å². The van der Waals surface area contributed by atoms with E-state index in [4.69, 9.17) is 4.74 Å². The molecule has 2 aromatic rings. The molecule has 2 heteroatoms. The molecule has 0 spiro atoms. The zero-order chi connectivity index (χ0) is 14.9. The van der Waals surface area contributed by atoms with Gasteiger partial charge in [0.25, 0.3) is 0 Å². The van der Waals surface area contributed by atoms with Crippen LogP contribution in [0.5, 0.6) is 0 Å². The van der Waals surface area contributed by atoms with E-state index in [9.17, 15) is 4.79 Å². The van der Waals surface area contributed by atoms with Gasteiger partial charge >= 0.3 is 5.97 Å². The minimum absolute atomic E-state index is 0.311. The van der Waals surface area contributed by atoms with E-state index in [1.54, 1.807) is 0 Å². The minimum Gasteiger partial charge on any atom is -0.434 e. The Morgan fingerprint density at radius 3 is 2.24 bits per heavy atom. The molecule has 0 aliphatic carbocycles. The van der Waals surface area contributed by atoms with Crippen LogP contribution in [0.4, 0.5) is 0 Å². The van der Waals surface area contributed by atoms with Gasteiger partial charge in [-0.15, -0.1) is 0 Å². The molecule has 0 aromatic heterocycles. The highest BCUT2D eigenvalue weighted by atomic mass is 16.5. The normalized spacial score (nSPS) is 11.6. The largest absolute Gasteiger partial charge is 0.434 e.